The Morgan fingerprint density at radius 3 is 2.63 bits per heavy atom. The maximum absolute atomic E-state index is 11.9. The van der Waals surface area contributed by atoms with Crippen molar-refractivity contribution in [2.75, 3.05) is 5.32 Å². The number of aromatic amines is 1. The average Bonchev–Trinajstić information content (AvgIpc) is 2.86. The largest absolute Gasteiger partial charge is 0.316 e. The van der Waals surface area contributed by atoms with Gasteiger partial charge in [0.2, 0.25) is 0 Å². The molecule has 0 unspecified atom stereocenters. The zero-order chi connectivity index (χ0) is 14.0. The second-order valence-corrected chi connectivity index (χ2v) is 4.15. The van der Waals surface area contributed by atoms with Crippen molar-refractivity contribution < 1.29 is 9.72 Å². The Labute approximate surface area is 108 Å². The van der Waals surface area contributed by atoms with Gasteiger partial charge in [-0.05, 0) is 31.0 Å². The zero-order valence-corrected chi connectivity index (χ0v) is 10.4. The van der Waals surface area contributed by atoms with E-state index in [0.29, 0.717) is 5.56 Å². The van der Waals surface area contributed by atoms with Crippen LogP contribution in [0.15, 0.2) is 24.5 Å². The molecule has 0 aliphatic carbocycles. The third kappa shape index (κ3) is 2.59. The third-order valence-corrected chi connectivity index (χ3v) is 2.82. The summed E-state index contributed by atoms with van der Waals surface area (Å²) in [5, 5.41) is 19.7. The lowest BCUT2D eigenvalue weighted by atomic mass is 10.1. The third-order valence-electron chi connectivity index (χ3n) is 2.82. The van der Waals surface area contributed by atoms with Crippen LogP contribution in [0.3, 0.4) is 0 Å². The average molecular weight is 260 g/mol. The molecule has 7 nitrogen and oxygen atoms in total. The summed E-state index contributed by atoms with van der Waals surface area (Å²) in [7, 11) is 0. The van der Waals surface area contributed by atoms with Gasteiger partial charge in [-0.1, -0.05) is 0 Å². The number of carbonyl (C=O) groups is 1. The predicted molar refractivity (Wildman–Crippen MR) is 69.1 cm³/mol. The first-order chi connectivity index (χ1) is 8.99. The Bertz CT molecular complexity index is 635. The van der Waals surface area contributed by atoms with Crippen LogP contribution in [0.2, 0.25) is 0 Å². The highest BCUT2D eigenvalue weighted by Crippen LogP contribution is 2.28. The van der Waals surface area contributed by atoms with Crippen molar-refractivity contribution in [1.82, 2.24) is 10.2 Å². The molecule has 98 valence electrons. The van der Waals surface area contributed by atoms with Gasteiger partial charge in [0.05, 0.1) is 16.7 Å². The SMILES string of the molecule is Cc1cc(NC(=O)c2cn[nH]c2)c([N+](=O)[O-])cc1C. The quantitative estimate of drug-likeness (QED) is 0.652. The number of aryl methyl sites for hydroxylation is 2. The van der Waals surface area contributed by atoms with Gasteiger partial charge in [-0.3, -0.25) is 20.0 Å². The molecule has 1 heterocycles. The van der Waals surface area contributed by atoms with Crippen LogP contribution in [0.25, 0.3) is 0 Å². The molecule has 2 N–H and O–H groups in total. The fourth-order valence-electron chi connectivity index (χ4n) is 1.62. The van der Waals surface area contributed by atoms with E-state index < -0.39 is 10.8 Å². The summed E-state index contributed by atoms with van der Waals surface area (Å²) in [5.41, 5.74) is 2.04. The minimum Gasteiger partial charge on any atom is -0.316 e. The molecule has 0 fully saturated rings. The number of hydrogen-bond donors (Lipinski definition) is 2. The van der Waals surface area contributed by atoms with E-state index in [-0.39, 0.29) is 11.4 Å². The maximum Gasteiger partial charge on any atom is 0.293 e. The fourth-order valence-corrected chi connectivity index (χ4v) is 1.62. The summed E-state index contributed by atoms with van der Waals surface area (Å²) in [6, 6.07) is 3.03. The van der Waals surface area contributed by atoms with Crippen molar-refractivity contribution in [2.45, 2.75) is 13.8 Å². The number of H-pyrrole nitrogens is 1. The first-order valence-corrected chi connectivity index (χ1v) is 5.55. The molecule has 0 saturated carbocycles. The molecule has 0 bridgehead atoms. The van der Waals surface area contributed by atoms with Crippen molar-refractivity contribution in [1.29, 1.82) is 0 Å². The summed E-state index contributed by atoms with van der Waals surface area (Å²) >= 11 is 0. The van der Waals surface area contributed by atoms with E-state index in [0.717, 1.165) is 11.1 Å². The van der Waals surface area contributed by atoms with Gasteiger partial charge >= 0.3 is 0 Å². The Morgan fingerprint density at radius 2 is 2.05 bits per heavy atom. The van der Waals surface area contributed by atoms with Crippen molar-refractivity contribution in [3.63, 3.8) is 0 Å². The van der Waals surface area contributed by atoms with Gasteiger partial charge in [0.25, 0.3) is 11.6 Å². The van der Waals surface area contributed by atoms with Crippen LogP contribution in [0.1, 0.15) is 21.5 Å². The van der Waals surface area contributed by atoms with Crippen molar-refractivity contribution >= 4 is 17.3 Å². The van der Waals surface area contributed by atoms with Crippen molar-refractivity contribution in [2.24, 2.45) is 0 Å². The second-order valence-electron chi connectivity index (χ2n) is 4.15. The van der Waals surface area contributed by atoms with Gasteiger partial charge in [-0.2, -0.15) is 5.10 Å². The van der Waals surface area contributed by atoms with Crippen LogP contribution in [-0.4, -0.2) is 21.0 Å². The lowest BCUT2D eigenvalue weighted by Gasteiger charge is -2.07. The smallest absolute Gasteiger partial charge is 0.293 e. The second kappa shape index (κ2) is 4.89. The highest BCUT2D eigenvalue weighted by molar-refractivity contribution is 6.05. The van der Waals surface area contributed by atoms with E-state index in [1.807, 2.05) is 6.92 Å². The molecule has 0 atom stereocenters. The molecule has 1 amide bonds. The molecule has 0 aliphatic heterocycles. The van der Waals surface area contributed by atoms with Crippen LogP contribution in [-0.2, 0) is 0 Å². The van der Waals surface area contributed by atoms with E-state index in [1.165, 1.54) is 18.5 Å². The number of nitro benzene ring substituents is 1. The summed E-state index contributed by atoms with van der Waals surface area (Å²) in [5.74, 6) is -0.444. The Balaban J connectivity index is 2.36. The number of nitrogens with one attached hydrogen (secondary N) is 2. The topological polar surface area (TPSA) is 101 Å². The lowest BCUT2D eigenvalue weighted by molar-refractivity contribution is -0.384. The molecule has 0 saturated heterocycles. The Kier molecular flexibility index (Phi) is 3.28. The first kappa shape index (κ1) is 12.7. The van der Waals surface area contributed by atoms with Crippen molar-refractivity contribution in [3.05, 3.63) is 51.3 Å². The summed E-state index contributed by atoms with van der Waals surface area (Å²) in [6.45, 7) is 3.61. The van der Waals surface area contributed by atoms with Gasteiger partial charge in [0, 0.05) is 12.3 Å². The molecule has 0 aliphatic rings. The first-order valence-electron chi connectivity index (χ1n) is 5.55. The Hall–Kier alpha value is -2.70. The zero-order valence-electron chi connectivity index (χ0n) is 10.4. The standard InChI is InChI=1S/C12H12N4O3/c1-7-3-10(11(16(18)19)4-8(7)2)15-12(17)9-5-13-14-6-9/h3-6H,1-2H3,(H,13,14)(H,15,17). The van der Waals surface area contributed by atoms with Crippen LogP contribution < -0.4 is 5.32 Å². The van der Waals surface area contributed by atoms with Crippen LogP contribution in [0, 0.1) is 24.0 Å². The summed E-state index contributed by atoms with van der Waals surface area (Å²) in [4.78, 5) is 22.3. The molecular formula is C12H12N4O3. The van der Waals surface area contributed by atoms with Gasteiger partial charge in [-0.25, -0.2) is 0 Å². The Morgan fingerprint density at radius 1 is 1.37 bits per heavy atom. The maximum atomic E-state index is 11.9. The van der Waals surface area contributed by atoms with E-state index in [1.54, 1.807) is 13.0 Å². The number of anilines is 1. The number of amides is 1. The van der Waals surface area contributed by atoms with Crippen LogP contribution in [0.5, 0.6) is 0 Å². The van der Waals surface area contributed by atoms with Gasteiger partial charge in [-0.15, -0.1) is 0 Å². The minimum absolute atomic E-state index is 0.125. The van der Waals surface area contributed by atoms with E-state index in [9.17, 15) is 14.9 Å². The van der Waals surface area contributed by atoms with Gasteiger partial charge in [0.15, 0.2) is 0 Å². The molecule has 0 radical (unpaired) electrons. The highest BCUT2D eigenvalue weighted by Gasteiger charge is 2.18. The fraction of sp³-hybridized carbons (Fsp3) is 0.167. The number of nitro groups is 1. The summed E-state index contributed by atoms with van der Waals surface area (Å²) in [6.07, 6.45) is 2.77. The van der Waals surface area contributed by atoms with Crippen molar-refractivity contribution in [3.8, 4) is 0 Å². The predicted octanol–water partition coefficient (Wildman–Crippen LogP) is 2.19. The van der Waals surface area contributed by atoms with E-state index in [4.69, 9.17) is 0 Å². The number of aromatic nitrogens is 2. The number of rotatable bonds is 3. The van der Waals surface area contributed by atoms with Gasteiger partial charge in [0.1, 0.15) is 5.69 Å². The summed E-state index contributed by atoms with van der Waals surface area (Å²) < 4.78 is 0. The van der Waals surface area contributed by atoms with E-state index in [2.05, 4.69) is 15.5 Å². The lowest BCUT2D eigenvalue weighted by Crippen LogP contribution is -2.12. The molecule has 0 spiro atoms. The highest BCUT2D eigenvalue weighted by atomic mass is 16.6. The van der Waals surface area contributed by atoms with Gasteiger partial charge < -0.3 is 5.32 Å². The number of nitrogens with zero attached hydrogens (tertiary/aromatic N) is 2. The number of benzene rings is 1. The monoisotopic (exact) mass is 260 g/mol. The number of hydrogen-bond acceptors (Lipinski definition) is 4. The van der Waals surface area contributed by atoms with Crippen LogP contribution in [0.4, 0.5) is 11.4 Å². The normalized spacial score (nSPS) is 10.2. The molecule has 2 rings (SSSR count). The molecule has 1 aromatic carbocycles. The molecule has 2 aromatic rings. The molecular weight excluding hydrogens is 248 g/mol. The van der Waals surface area contributed by atoms with Crippen LogP contribution >= 0.6 is 0 Å². The minimum atomic E-state index is -0.516. The molecule has 19 heavy (non-hydrogen) atoms. The van der Waals surface area contributed by atoms with E-state index >= 15 is 0 Å². The molecule has 1 aromatic heterocycles. The molecule has 7 heteroatoms. The number of carbonyl (C=O) groups excluding carboxylic acids is 1.